The van der Waals surface area contributed by atoms with Gasteiger partial charge >= 0.3 is 0 Å². The van der Waals surface area contributed by atoms with Gasteiger partial charge in [-0.3, -0.25) is 9.69 Å². The van der Waals surface area contributed by atoms with Crippen molar-refractivity contribution in [2.75, 3.05) is 46.0 Å². The SMILES string of the molecule is Cl.Cl.NCC1(C(=O)NCc2ccc(OCCN3CCCC3)cc2)CCOCC1. The van der Waals surface area contributed by atoms with Crippen molar-refractivity contribution >= 4 is 30.7 Å². The molecule has 1 aromatic carbocycles. The van der Waals surface area contributed by atoms with Crippen LogP contribution in [0.25, 0.3) is 0 Å². The Bertz CT molecular complexity index is 575. The molecule has 0 saturated carbocycles. The molecule has 0 bridgehead atoms. The zero-order chi connectivity index (χ0) is 18.2. The number of likely N-dealkylation sites (tertiary alicyclic amines) is 1. The topological polar surface area (TPSA) is 76.8 Å². The van der Waals surface area contributed by atoms with Crippen molar-refractivity contribution in [1.29, 1.82) is 0 Å². The Morgan fingerprint density at radius 2 is 1.79 bits per heavy atom. The number of halogens is 2. The summed E-state index contributed by atoms with van der Waals surface area (Å²) in [5.74, 6) is 0.913. The van der Waals surface area contributed by atoms with Gasteiger partial charge in [-0.1, -0.05) is 12.1 Å². The van der Waals surface area contributed by atoms with Crippen molar-refractivity contribution in [3.63, 3.8) is 0 Å². The zero-order valence-electron chi connectivity index (χ0n) is 16.4. The van der Waals surface area contributed by atoms with E-state index < -0.39 is 5.41 Å². The molecule has 0 radical (unpaired) electrons. The zero-order valence-corrected chi connectivity index (χ0v) is 18.0. The Labute approximate surface area is 180 Å². The molecule has 28 heavy (non-hydrogen) atoms. The summed E-state index contributed by atoms with van der Waals surface area (Å²) in [7, 11) is 0. The number of nitrogens with two attached hydrogens (primary N) is 1. The second-order valence-electron chi connectivity index (χ2n) is 7.32. The van der Waals surface area contributed by atoms with Gasteiger partial charge in [0, 0.05) is 32.8 Å². The minimum Gasteiger partial charge on any atom is -0.492 e. The highest BCUT2D eigenvalue weighted by molar-refractivity contribution is 5.85. The molecule has 0 aliphatic carbocycles. The summed E-state index contributed by atoms with van der Waals surface area (Å²) >= 11 is 0. The molecule has 6 nitrogen and oxygen atoms in total. The number of rotatable bonds is 8. The summed E-state index contributed by atoms with van der Waals surface area (Å²) in [4.78, 5) is 15.0. The van der Waals surface area contributed by atoms with Gasteiger partial charge < -0.3 is 20.5 Å². The normalized spacial score (nSPS) is 18.6. The van der Waals surface area contributed by atoms with Crippen LogP contribution in [-0.2, 0) is 16.1 Å². The number of ether oxygens (including phenoxy) is 2. The van der Waals surface area contributed by atoms with Crippen LogP contribution >= 0.6 is 24.8 Å². The maximum atomic E-state index is 12.6. The fourth-order valence-electron chi connectivity index (χ4n) is 3.66. The lowest BCUT2D eigenvalue weighted by molar-refractivity contribution is -0.136. The van der Waals surface area contributed by atoms with Crippen molar-refractivity contribution in [3.05, 3.63) is 29.8 Å². The van der Waals surface area contributed by atoms with Gasteiger partial charge in [0.1, 0.15) is 12.4 Å². The highest BCUT2D eigenvalue weighted by Gasteiger charge is 2.38. The second-order valence-corrected chi connectivity index (χ2v) is 7.32. The minimum absolute atomic E-state index is 0. The first-order chi connectivity index (χ1) is 12.7. The van der Waals surface area contributed by atoms with Gasteiger partial charge in [0.2, 0.25) is 5.91 Å². The quantitative estimate of drug-likeness (QED) is 0.657. The van der Waals surface area contributed by atoms with E-state index in [-0.39, 0.29) is 30.7 Å². The van der Waals surface area contributed by atoms with Crippen molar-refractivity contribution in [2.24, 2.45) is 11.1 Å². The lowest BCUT2D eigenvalue weighted by atomic mass is 9.79. The van der Waals surface area contributed by atoms with Gasteiger partial charge in [-0.25, -0.2) is 0 Å². The molecule has 2 aliphatic rings. The summed E-state index contributed by atoms with van der Waals surface area (Å²) < 4.78 is 11.2. The third-order valence-corrected chi connectivity index (χ3v) is 5.57. The molecular weight excluding hydrogens is 401 g/mol. The number of carbonyl (C=O) groups is 1. The third kappa shape index (κ3) is 6.78. The number of carbonyl (C=O) groups excluding carboxylic acids is 1. The smallest absolute Gasteiger partial charge is 0.227 e. The van der Waals surface area contributed by atoms with E-state index in [1.807, 2.05) is 24.3 Å². The van der Waals surface area contributed by atoms with Crippen molar-refractivity contribution in [3.8, 4) is 5.75 Å². The monoisotopic (exact) mass is 433 g/mol. The van der Waals surface area contributed by atoms with Crippen LogP contribution in [0.5, 0.6) is 5.75 Å². The van der Waals surface area contributed by atoms with Gasteiger partial charge in [0.25, 0.3) is 0 Å². The largest absolute Gasteiger partial charge is 0.492 e. The summed E-state index contributed by atoms with van der Waals surface area (Å²) in [6, 6.07) is 7.95. The molecule has 0 aromatic heterocycles. The van der Waals surface area contributed by atoms with Crippen LogP contribution in [0.3, 0.4) is 0 Å². The summed E-state index contributed by atoms with van der Waals surface area (Å²) in [6.45, 7) is 6.18. The molecule has 160 valence electrons. The van der Waals surface area contributed by atoms with E-state index in [1.54, 1.807) is 0 Å². The Morgan fingerprint density at radius 3 is 2.39 bits per heavy atom. The fraction of sp³-hybridized carbons (Fsp3) is 0.650. The third-order valence-electron chi connectivity index (χ3n) is 5.57. The molecule has 0 spiro atoms. The molecule has 1 amide bonds. The van der Waals surface area contributed by atoms with E-state index in [9.17, 15) is 4.79 Å². The molecule has 3 N–H and O–H groups in total. The average Bonchev–Trinajstić information content (AvgIpc) is 3.21. The Kier molecular flexibility index (Phi) is 11.2. The predicted octanol–water partition coefficient (Wildman–Crippen LogP) is 2.38. The van der Waals surface area contributed by atoms with Crippen LogP contribution in [0.1, 0.15) is 31.2 Å². The maximum absolute atomic E-state index is 12.6. The highest BCUT2D eigenvalue weighted by Crippen LogP contribution is 2.29. The van der Waals surface area contributed by atoms with Crippen molar-refractivity contribution in [1.82, 2.24) is 10.2 Å². The molecule has 2 heterocycles. The van der Waals surface area contributed by atoms with Gasteiger partial charge in [0.05, 0.1) is 5.41 Å². The first-order valence-electron chi connectivity index (χ1n) is 9.72. The molecule has 8 heteroatoms. The summed E-state index contributed by atoms with van der Waals surface area (Å²) in [5.41, 5.74) is 6.47. The molecule has 2 saturated heterocycles. The first-order valence-corrected chi connectivity index (χ1v) is 9.72. The van der Waals surface area contributed by atoms with Crippen molar-refractivity contribution in [2.45, 2.75) is 32.2 Å². The highest BCUT2D eigenvalue weighted by atomic mass is 35.5. The molecular formula is C20H33Cl2N3O3. The van der Waals surface area contributed by atoms with Gasteiger partial charge in [-0.2, -0.15) is 0 Å². The Balaban J connectivity index is 0.00000196. The summed E-state index contributed by atoms with van der Waals surface area (Å²) in [6.07, 6.45) is 4.00. The number of hydrogen-bond acceptors (Lipinski definition) is 5. The maximum Gasteiger partial charge on any atom is 0.227 e. The number of benzene rings is 1. The lowest BCUT2D eigenvalue weighted by Crippen LogP contribution is -2.48. The van der Waals surface area contributed by atoms with E-state index in [4.69, 9.17) is 15.2 Å². The first kappa shape index (κ1) is 25.0. The van der Waals surface area contributed by atoms with Crippen molar-refractivity contribution < 1.29 is 14.3 Å². The Hall–Kier alpha value is -1.05. The molecule has 0 atom stereocenters. The van der Waals surface area contributed by atoms with E-state index in [0.717, 1.165) is 24.5 Å². The molecule has 3 rings (SSSR count). The molecule has 1 aromatic rings. The number of amides is 1. The van der Waals surface area contributed by atoms with E-state index in [2.05, 4.69) is 10.2 Å². The van der Waals surface area contributed by atoms with Crippen LogP contribution in [-0.4, -0.2) is 56.8 Å². The van der Waals surface area contributed by atoms with E-state index >= 15 is 0 Å². The van der Waals surface area contributed by atoms with E-state index in [1.165, 1.54) is 25.9 Å². The van der Waals surface area contributed by atoms with Crippen LogP contribution in [0.2, 0.25) is 0 Å². The second kappa shape index (κ2) is 12.5. The van der Waals surface area contributed by atoms with Crippen LogP contribution in [0, 0.1) is 5.41 Å². The molecule has 2 aliphatic heterocycles. The van der Waals surface area contributed by atoms with Gasteiger partial charge in [-0.15, -0.1) is 24.8 Å². The Morgan fingerprint density at radius 1 is 1.14 bits per heavy atom. The summed E-state index contributed by atoms with van der Waals surface area (Å²) in [5, 5.41) is 3.04. The van der Waals surface area contributed by atoms with E-state index in [0.29, 0.717) is 39.1 Å². The standard InChI is InChI=1S/C20H31N3O3.2ClH/c21-16-20(7-12-25-13-8-20)19(24)22-15-17-3-5-18(6-4-17)26-14-11-23-9-1-2-10-23;;/h3-6H,1-2,7-16,21H2,(H,22,24);2*1H. The van der Waals surface area contributed by atoms with Crippen LogP contribution < -0.4 is 15.8 Å². The molecule has 0 unspecified atom stereocenters. The molecule has 2 fully saturated rings. The average molecular weight is 434 g/mol. The number of hydrogen-bond donors (Lipinski definition) is 2. The number of nitrogens with one attached hydrogen (secondary N) is 1. The van der Waals surface area contributed by atoms with Crippen LogP contribution in [0.4, 0.5) is 0 Å². The minimum atomic E-state index is -0.475. The number of nitrogens with zero attached hydrogens (tertiary/aromatic N) is 1. The lowest BCUT2D eigenvalue weighted by Gasteiger charge is -2.34. The van der Waals surface area contributed by atoms with Gasteiger partial charge in [-0.05, 0) is 56.5 Å². The van der Waals surface area contributed by atoms with Gasteiger partial charge in [0.15, 0.2) is 0 Å². The fourth-order valence-corrected chi connectivity index (χ4v) is 3.66. The van der Waals surface area contributed by atoms with Crippen LogP contribution in [0.15, 0.2) is 24.3 Å². The predicted molar refractivity (Wildman–Crippen MR) is 115 cm³/mol.